The Bertz CT molecular complexity index is 440. The molecule has 0 N–H and O–H groups in total. The maximum atomic E-state index is 12.2. The van der Waals surface area contributed by atoms with Gasteiger partial charge >= 0.3 is 6.36 Å². The number of carbonyl (C=O) groups is 1. The zero-order valence-electron chi connectivity index (χ0n) is 9.12. The smallest absolute Gasteiger partial charge is 0.405 e. The van der Waals surface area contributed by atoms with Gasteiger partial charge in [-0.25, -0.2) is 0 Å². The highest BCUT2D eigenvalue weighted by atomic mass is 19.4. The molecule has 1 saturated carbocycles. The molecule has 1 aromatic rings. The number of ketones is 1. The van der Waals surface area contributed by atoms with E-state index in [4.69, 9.17) is 0 Å². The summed E-state index contributed by atoms with van der Waals surface area (Å²) in [7, 11) is 0. The van der Waals surface area contributed by atoms with Gasteiger partial charge in [0, 0.05) is 18.3 Å². The average molecular weight is 244 g/mol. The topological polar surface area (TPSA) is 26.3 Å². The predicted molar refractivity (Wildman–Crippen MR) is 54.7 cm³/mol. The highest BCUT2D eigenvalue weighted by molar-refractivity contribution is 5.89. The third-order valence-electron chi connectivity index (χ3n) is 3.08. The summed E-state index contributed by atoms with van der Waals surface area (Å²) in [6, 6.07) is 5.98. The Hall–Kier alpha value is -1.52. The summed E-state index contributed by atoms with van der Waals surface area (Å²) in [6.07, 6.45) is -4.41. The van der Waals surface area contributed by atoms with Crippen LogP contribution in [0.25, 0.3) is 0 Å². The molecule has 0 heterocycles. The van der Waals surface area contributed by atoms with Gasteiger partial charge in [-0.15, -0.1) is 13.2 Å². The first kappa shape index (κ1) is 12.0. The van der Waals surface area contributed by atoms with Gasteiger partial charge in [-0.05, 0) is 11.6 Å². The van der Waals surface area contributed by atoms with Crippen LogP contribution in [0.4, 0.5) is 13.2 Å². The number of hydrogen-bond acceptors (Lipinski definition) is 2. The zero-order valence-corrected chi connectivity index (χ0v) is 9.12. The molecular formula is C12H11F3O2. The summed E-state index contributed by atoms with van der Waals surface area (Å²) in [5.41, 5.74) is 0.455. The molecule has 0 radical (unpaired) electrons. The van der Waals surface area contributed by atoms with Crippen LogP contribution in [0.1, 0.15) is 24.8 Å². The first-order valence-corrected chi connectivity index (χ1v) is 5.26. The number of rotatable bonds is 2. The first-order valence-electron chi connectivity index (χ1n) is 5.26. The highest BCUT2D eigenvalue weighted by Crippen LogP contribution is 2.43. The molecule has 2 unspecified atom stereocenters. The molecule has 2 rings (SSSR count). The Kier molecular flexibility index (Phi) is 2.85. The van der Waals surface area contributed by atoms with Crippen LogP contribution in [-0.2, 0) is 4.79 Å². The van der Waals surface area contributed by atoms with E-state index in [-0.39, 0.29) is 23.4 Å². The summed E-state index contributed by atoms with van der Waals surface area (Å²) < 4.78 is 40.5. The third-order valence-corrected chi connectivity index (χ3v) is 3.08. The van der Waals surface area contributed by atoms with Crippen molar-refractivity contribution in [1.29, 1.82) is 0 Å². The first-order chi connectivity index (χ1) is 7.88. The molecule has 0 saturated heterocycles. The fourth-order valence-electron chi connectivity index (χ4n) is 2.03. The lowest BCUT2D eigenvalue weighted by atomic mass is 9.70. The van der Waals surface area contributed by atoms with Gasteiger partial charge in [-0.3, -0.25) is 4.79 Å². The maximum Gasteiger partial charge on any atom is 0.573 e. The van der Waals surface area contributed by atoms with Crippen molar-refractivity contribution >= 4 is 5.78 Å². The quantitative estimate of drug-likeness (QED) is 0.798. The number of para-hydroxylation sites is 1. The Balaban J connectivity index is 2.25. The molecule has 1 aliphatic carbocycles. The van der Waals surface area contributed by atoms with E-state index in [1.54, 1.807) is 19.1 Å². The number of hydrogen-bond donors (Lipinski definition) is 0. The second-order valence-corrected chi connectivity index (χ2v) is 4.15. The van der Waals surface area contributed by atoms with Crippen molar-refractivity contribution in [3.05, 3.63) is 29.8 Å². The fraction of sp³-hybridized carbons (Fsp3) is 0.417. The van der Waals surface area contributed by atoms with Crippen LogP contribution < -0.4 is 4.74 Å². The van der Waals surface area contributed by atoms with Gasteiger partial charge in [0.25, 0.3) is 0 Å². The van der Waals surface area contributed by atoms with Crippen molar-refractivity contribution < 1.29 is 22.7 Å². The molecule has 2 nitrogen and oxygen atoms in total. The van der Waals surface area contributed by atoms with Gasteiger partial charge in [-0.1, -0.05) is 25.1 Å². The van der Waals surface area contributed by atoms with Crippen LogP contribution in [0.15, 0.2) is 24.3 Å². The standard InChI is InChI=1S/C12H11F3O2/c1-7-9(6-10(7)16)8-4-2-3-5-11(8)17-12(13,14)15/h2-5,7,9H,6H2,1H3. The van der Waals surface area contributed by atoms with Crippen molar-refractivity contribution in [1.82, 2.24) is 0 Å². The van der Waals surface area contributed by atoms with Crippen molar-refractivity contribution in [3.63, 3.8) is 0 Å². The molecule has 1 aliphatic rings. The number of Topliss-reactive ketones (excluding diaryl/α,β-unsaturated/α-hetero) is 1. The Morgan fingerprint density at radius 3 is 2.47 bits per heavy atom. The van der Waals surface area contributed by atoms with Crippen LogP contribution in [0.5, 0.6) is 5.75 Å². The minimum atomic E-state index is -4.70. The predicted octanol–water partition coefficient (Wildman–Crippen LogP) is 3.28. The summed E-state index contributed by atoms with van der Waals surface area (Å²) in [5.74, 6) is -0.518. The lowest BCUT2D eigenvalue weighted by Gasteiger charge is -2.33. The summed E-state index contributed by atoms with van der Waals surface area (Å²) in [6.45, 7) is 1.72. The molecule has 1 aromatic carbocycles. The molecule has 0 aliphatic heterocycles. The minimum Gasteiger partial charge on any atom is -0.405 e. The molecule has 0 aromatic heterocycles. The number of carbonyl (C=O) groups excluding carboxylic acids is 1. The minimum absolute atomic E-state index is 0.0804. The molecule has 17 heavy (non-hydrogen) atoms. The number of halogens is 3. The Labute approximate surface area is 96.4 Å². The Morgan fingerprint density at radius 1 is 1.29 bits per heavy atom. The van der Waals surface area contributed by atoms with Crippen LogP contribution in [0.2, 0.25) is 0 Å². The second-order valence-electron chi connectivity index (χ2n) is 4.15. The van der Waals surface area contributed by atoms with Crippen LogP contribution in [-0.4, -0.2) is 12.1 Å². The molecule has 0 amide bonds. The van der Waals surface area contributed by atoms with E-state index in [2.05, 4.69) is 4.74 Å². The number of alkyl halides is 3. The van der Waals surface area contributed by atoms with Crippen molar-refractivity contribution in [2.45, 2.75) is 25.6 Å². The average Bonchev–Trinajstić information content (AvgIpc) is 2.24. The molecule has 92 valence electrons. The van der Waals surface area contributed by atoms with Crippen molar-refractivity contribution in [2.75, 3.05) is 0 Å². The van der Waals surface area contributed by atoms with E-state index in [1.807, 2.05) is 0 Å². The van der Waals surface area contributed by atoms with Crippen molar-refractivity contribution in [3.8, 4) is 5.75 Å². The van der Waals surface area contributed by atoms with E-state index in [0.29, 0.717) is 12.0 Å². The molecule has 5 heteroatoms. The fourth-order valence-corrected chi connectivity index (χ4v) is 2.03. The van der Waals surface area contributed by atoms with Crippen LogP contribution in [0.3, 0.4) is 0 Å². The second kappa shape index (κ2) is 4.05. The van der Waals surface area contributed by atoms with E-state index < -0.39 is 6.36 Å². The van der Waals surface area contributed by atoms with Crippen molar-refractivity contribution in [2.24, 2.45) is 5.92 Å². The van der Waals surface area contributed by atoms with E-state index >= 15 is 0 Å². The largest absolute Gasteiger partial charge is 0.573 e. The monoisotopic (exact) mass is 244 g/mol. The third kappa shape index (κ3) is 2.43. The van der Waals surface area contributed by atoms with Gasteiger partial charge in [0.15, 0.2) is 0 Å². The molecule has 2 atom stereocenters. The number of benzene rings is 1. The lowest BCUT2D eigenvalue weighted by Crippen LogP contribution is -2.33. The lowest BCUT2D eigenvalue weighted by molar-refractivity contribution is -0.275. The molecule has 0 bridgehead atoms. The van der Waals surface area contributed by atoms with Gasteiger partial charge < -0.3 is 4.74 Å². The van der Waals surface area contributed by atoms with Crippen LogP contribution in [0, 0.1) is 5.92 Å². The summed E-state index contributed by atoms with van der Waals surface area (Å²) >= 11 is 0. The van der Waals surface area contributed by atoms with E-state index in [1.165, 1.54) is 12.1 Å². The summed E-state index contributed by atoms with van der Waals surface area (Å²) in [5, 5.41) is 0. The molecular weight excluding hydrogens is 233 g/mol. The SMILES string of the molecule is CC1C(=O)CC1c1ccccc1OC(F)(F)F. The summed E-state index contributed by atoms with van der Waals surface area (Å²) in [4.78, 5) is 11.1. The van der Waals surface area contributed by atoms with Crippen LogP contribution >= 0.6 is 0 Å². The highest BCUT2D eigenvalue weighted by Gasteiger charge is 2.40. The molecule has 1 fully saturated rings. The van der Waals surface area contributed by atoms with Gasteiger partial charge in [-0.2, -0.15) is 0 Å². The normalized spacial score (nSPS) is 24.4. The van der Waals surface area contributed by atoms with E-state index in [0.717, 1.165) is 0 Å². The molecule has 0 spiro atoms. The van der Waals surface area contributed by atoms with Gasteiger partial charge in [0.05, 0.1) is 0 Å². The van der Waals surface area contributed by atoms with Gasteiger partial charge in [0.1, 0.15) is 11.5 Å². The Morgan fingerprint density at radius 2 is 1.94 bits per heavy atom. The van der Waals surface area contributed by atoms with Gasteiger partial charge in [0.2, 0.25) is 0 Å². The maximum absolute atomic E-state index is 12.2. The van der Waals surface area contributed by atoms with E-state index in [9.17, 15) is 18.0 Å². The number of ether oxygens (including phenoxy) is 1. The zero-order chi connectivity index (χ0) is 12.6.